The van der Waals surface area contributed by atoms with E-state index in [1.165, 1.54) is 0 Å². The minimum absolute atomic E-state index is 0.0636. The van der Waals surface area contributed by atoms with Crippen molar-refractivity contribution in [3.05, 3.63) is 0 Å². The number of aliphatic hydroxyl groups is 2. The van der Waals surface area contributed by atoms with Crippen molar-refractivity contribution < 1.29 is 10.2 Å². The molecule has 1 aliphatic rings. The fraction of sp³-hybridized carbons (Fsp3) is 1.00. The van der Waals surface area contributed by atoms with Crippen LogP contribution in [0.25, 0.3) is 0 Å². The molecule has 2 nitrogen and oxygen atoms in total. The van der Waals surface area contributed by atoms with Gasteiger partial charge in [-0.05, 0) is 32.6 Å². The van der Waals surface area contributed by atoms with E-state index in [1.807, 2.05) is 0 Å². The highest BCUT2D eigenvalue weighted by Gasteiger charge is 2.36. The van der Waals surface area contributed by atoms with Crippen LogP contribution in [0.5, 0.6) is 0 Å². The highest BCUT2D eigenvalue weighted by Crippen LogP contribution is 2.35. The lowest BCUT2D eigenvalue weighted by atomic mass is 9.73. The smallest absolute Gasteiger partial charge is 0.0644 e. The zero-order chi connectivity index (χ0) is 9.35. The average Bonchev–Trinajstić information content (AvgIpc) is 1.83. The van der Waals surface area contributed by atoms with Gasteiger partial charge in [0.2, 0.25) is 0 Å². The Morgan fingerprint density at radius 1 is 1.25 bits per heavy atom. The number of aliphatic hydroxyl groups excluding tert-OH is 1. The molecular weight excluding hydrogens is 152 g/mol. The van der Waals surface area contributed by atoms with E-state index in [2.05, 4.69) is 6.92 Å². The Bertz CT molecular complexity index is 148. The quantitative estimate of drug-likeness (QED) is 0.630. The van der Waals surface area contributed by atoms with E-state index in [0.717, 1.165) is 19.3 Å². The second kappa shape index (κ2) is 3.35. The molecule has 1 aliphatic carbocycles. The summed E-state index contributed by atoms with van der Waals surface area (Å²) in [5.41, 5.74) is -0.723. The topological polar surface area (TPSA) is 40.5 Å². The molecule has 2 heteroatoms. The van der Waals surface area contributed by atoms with Crippen molar-refractivity contribution in [2.45, 2.75) is 51.7 Å². The van der Waals surface area contributed by atoms with Gasteiger partial charge in [-0.1, -0.05) is 13.3 Å². The standard InChI is InChI=1S/C10H20O2/c1-7-4-5-8(9(11)6-7)10(2,3)12/h7-9,11-12H,4-6H2,1-3H3/t7-,8+,9+/m1/s1. The zero-order valence-electron chi connectivity index (χ0n) is 8.25. The first-order valence-corrected chi connectivity index (χ1v) is 4.81. The summed E-state index contributed by atoms with van der Waals surface area (Å²) in [4.78, 5) is 0. The number of hydrogen-bond acceptors (Lipinski definition) is 2. The van der Waals surface area contributed by atoms with E-state index in [9.17, 15) is 10.2 Å². The van der Waals surface area contributed by atoms with Gasteiger partial charge in [0.1, 0.15) is 0 Å². The minimum atomic E-state index is -0.723. The molecule has 0 saturated heterocycles. The van der Waals surface area contributed by atoms with Crippen LogP contribution in [0.4, 0.5) is 0 Å². The summed E-state index contributed by atoms with van der Waals surface area (Å²) in [6, 6.07) is 0. The largest absolute Gasteiger partial charge is 0.393 e. The third-order valence-corrected chi connectivity index (χ3v) is 2.99. The van der Waals surface area contributed by atoms with Gasteiger partial charge in [-0.15, -0.1) is 0 Å². The number of rotatable bonds is 1. The molecule has 0 aromatic rings. The lowest BCUT2D eigenvalue weighted by Crippen LogP contribution is -2.42. The lowest BCUT2D eigenvalue weighted by molar-refractivity contribution is -0.0730. The fourth-order valence-electron chi connectivity index (χ4n) is 2.17. The molecule has 1 rings (SSSR count). The van der Waals surface area contributed by atoms with Crippen LogP contribution in [0.3, 0.4) is 0 Å². The normalized spacial score (nSPS) is 38.2. The SMILES string of the molecule is C[C@@H]1CC[C@H](C(C)(C)O)[C@@H](O)C1. The molecule has 72 valence electrons. The molecular formula is C10H20O2. The van der Waals surface area contributed by atoms with Crippen LogP contribution in [-0.2, 0) is 0 Å². The Labute approximate surface area is 74.6 Å². The molecule has 12 heavy (non-hydrogen) atoms. The fourth-order valence-corrected chi connectivity index (χ4v) is 2.17. The maximum absolute atomic E-state index is 9.74. The van der Waals surface area contributed by atoms with Gasteiger partial charge >= 0.3 is 0 Å². The van der Waals surface area contributed by atoms with Crippen LogP contribution in [-0.4, -0.2) is 21.9 Å². The molecule has 0 radical (unpaired) electrons. The molecule has 0 amide bonds. The van der Waals surface area contributed by atoms with Gasteiger partial charge in [0, 0.05) is 5.92 Å². The summed E-state index contributed by atoms with van der Waals surface area (Å²) in [5.74, 6) is 0.673. The van der Waals surface area contributed by atoms with Gasteiger partial charge in [-0.2, -0.15) is 0 Å². The first kappa shape index (κ1) is 10.0. The molecule has 0 bridgehead atoms. The summed E-state index contributed by atoms with van der Waals surface area (Å²) in [7, 11) is 0. The predicted molar refractivity (Wildman–Crippen MR) is 48.8 cm³/mol. The lowest BCUT2D eigenvalue weighted by Gasteiger charge is -2.38. The van der Waals surface area contributed by atoms with Gasteiger partial charge in [-0.3, -0.25) is 0 Å². The summed E-state index contributed by atoms with van der Waals surface area (Å²) in [5, 5.41) is 19.5. The van der Waals surface area contributed by atoms with Crippen molar-refractivity contribution in [1.29, 1.82) is 0 Å². The Balaban J connectivity index is 2.57. The van der Waals surface area contributed by atoms with Crippen molar-refractivity contribution >= 4 is 0 Å². The Morgan fingerprint density at radius 2 is 1.83 bits per heavy atom. The van der Waals surface area contributed by atoms with Gasteiger partial charge in [0.05, 0.1) is 11.7 Å². The predicted octanol–water partition coefficient (Wildman–Crippen LogP) is 1.55. The third kappa shape index (κ3) is 2.20. The van der Waals surface area contributed by atoms with Crippen molar-refractivity contribution in [2.24, 2.45) is 11.8 Å². The number of hydrogen-bond donors (Lipinski definition) is 2. The molecule has 1 fully saturated rings. The molecule has 0 unspecified atom stereocenters. The van der Waals surface area contributed by atoms with E-state index in [0.29, 0.717) is 5.92 Å². The Hall–Kier alpha value is -0.0800. The summed E-state index contributed by atoms with van der Waals surface area (Å²) in [6.45, 7) is 5.73. The van der Waals surface area contributed by atoms with Crippen LogP contribution >= 0.6 is 0 Å². The van der Waals surface area contributed by atoms with Crippen LogP contribution in [0.1, 0.15) is 40.0 Å². The van der Waals surface area contributed by atoms with Crippen molar-refractivity contribution in [3.8, 4) is 0 Å². The summed E-state index contributed by atoms with van der Waals surface area (Å²) in [6.07, 6.45) is 2.61. The minimum Gasteiger partial charge on any atom is -0.393 e. The second-order valence-electron chi connectivity index (χ2n) is 4.75. The first-order valence-electron chi connectivity index (χ1n) is 4.81. The third-order valence-electron chi connectivity index (χ3n) is 2.99. The van der Waals surface area contributed by atoms with E-state index >= 15 is 0 Å². The molecule has 1 saturated carbocycles. The van der Waals surface area contributed by atoms with Crippen LogP contribution in [0.15, 0.2) is 0 Å². The molecule has 0 aliphatic heterocycles. The highest BCUT2D eigenvalue weighted by molar-refractivity contribution is 4.87. The van der Waals surface area contributed by atoms with Crippen molar-refractivity contribution in [1.82, 2.24) is 0 Å². The van der Waals surface area contributed by atoms with E-state index in [1.54, 1.807) is 13.8 Å². The zero-order valence-corrected chi connectivity index (χ0v) is 8.25. The summed E-state index contributed by atoms with van der Waals surface area (Å²) < 4.78 is 0. The molecule has 2 N–H and O–H groups in total. The van der Waals surface area contributed by atoms with Gasteiger partial charge in [-0.25, -0.2) is 0 Å². The molecule has 0 aromatic carbocycles. The maximum Gasteiger partial charge on any atom is 0.0644 e. The van der Waals surface area contributed by atoms with E-state index < -0.39 is 5.60 Å². The van der Waals surface area contributed by atoms with Crippen LogP contribution in [0.2, 0.25) is 0 Å². The average molecular weight is 172 g/mol. The van der Waals surface area contributed by atoms with Gasteiger partial charge in [0.25, 0.3) is 0 Å². The molecule has 0 heterocycles. The van der Waals surface area contributed by atoms with Gasteiger partial charge < -0.3 is 10.2 Å². The molecule has 0 spiro atoms. The van der Waals surface area contributed by atoms with Gasteiger partial charge in [0.15, 0.2) is 0 Å². The second-order valence-corrected chi connectivity index (χ2v) is 4.75. The van der Waals surface area contributed by atoms with E-state index in [4.69, 9.17) is 0 Å². The monoisotopic (exact) mass is 172 g/mol. The maximum atomic E-state index is 9.74. The Kier molecular flexibility index (Phi) is 2.79. The van der Waals surface area contributed by atoms with Crippen molar-refractivity contribution in [3.63, 3.8) is 0 Å². The first-order chi connectivity index (χ1) is 5.41. The molecule has 0 aromatic heterocycles. The Morgan fingerprint density at radius 3 is 2.25 bits per heavy atom. The molecule has 3 atom stereocenters. The summed E-state index contributed by atoms with van der Waals surface area (Å²) >= 11 is 0. The van der Waals surface area contributed by atoms with Crippen LogP contribution < -0.4 is 0 Å². The van der Waals surface area contributed by atoms with E-state index in [-0.39, 0.29) is 12.0 Å². The van der Waals surface area contributed by atoms with Crippen molar-refractivity contribution in [2.75, 3.05) is 0 Å². The highest BCUT2D eigenvalue weighted by atomic mass is 16.3. The van der Waals surface area contributed by atoms with Crippen LogP contribution in [0, 0.1) is 11.8 Å².